The van der Waals surface area contributed by atoms with Crippen LogP contribution in [0.5, 0.6) is 0 Å². The van der Waals surface area contributed by atoms with Gasteiger partial charge in [-0.15, -0.1) is 0 Å². The number of rotatable bonds is 5. The third kappa shape index (κ3) is 3.31. The summed E-state index contributed by atoms with van der Waals surface area (Å²) in [6.07, 6.45) is 5.03. The van der Waals surface area contributed by atoms with E-state index in [1.807, 2.05) is 30.3 Å². The Hall–Kier alpha value is -1.85. The molecule has 22 heavy (non-hydrogen) atoms. The summed E-state index contributed by atoms with van der Waals surface area (Å²) in [5.74, 6) is 0. The molecule has 5 nitrogen and oxygen atoms in total. The summed E-state index contributed by atoms with van der Waals surface area (Å²) in [6, 6.07) is 9.22. The van der Waals surface area contributed by atoms with Crippen LogP contribution in [-0.2, 0) is 4.74 Å². The number of aromatic nitrogens is 2. The highest BCUT2D eigenvalue weighted by atomic mass is 35.5. The van der Waals surface area contributed by atoms with Crippen LogP contribution in [0.2, 0.25) is 5.02 Å². The number of hydrogen-bond acceptors (Lipinski definition) is 4. The number of benzene rings is 1. The summed E-state index contributed by atoms with van der Waals surface area (Å²) in [5.41, 5.74) is 0.937. The Bertz CT molecular complexity index is 682. The Labute approximate surface area is 133 Å². The molecule has 1 aliphatic heterocycles. The molecule has 1 atom stereocenters. The van der Waals surface area contributed by atoms with Gasteiger partial charge in [-0.2, -0.15) is 9.78 Å². The number of halogens is 1. The molecule has 2 aromatic rings. The molecule has 0 radical (unpaired) electrons. The van der Waals surface area contributed by atoms with Gasteiger partial charge in [0.05, 0.1) is 23.7 Å². The number of nitrogens with zero attached hydrogens (tertiary/aromatic N) is 2. The zero-order valence-corrected chi connectivity index (χ0v) is 12.9. The Morgan fingerprint density at radius 1 is 1.36 bits per heavy atom. The molecule has 1 aromatic heterocycles. The van der Waals surface area contributed by atoms with Crippen LogP contribution in [0.15, 0.2) is 41.3 Å². The molecule has 1 N–H and O–H groups in total. The smallest absolute Gasteiger partial charge is 0.292 e. The van der Waals surface area contributed by atoms with Gasteiger partial charge in [-0.05, 0) is 31.4 Å². The minimum Gasteiger partial charge on any atom is -0.382 e. The number of ether oxygens (including phenoxy) is 1. The lowest BCUT2D eigenvalue weighted by Crippen LogP contribution is -2.23. The maximum Gasteiger partial charge on any atom is 0.292 e. The molecule has 3 rings (SSSR count). The van der Waals surface area contributed by atoms with Gasteiger partial charge >= 0.3 is 0 Å². The molecule has 1 unspecified atom stereocenters. The Balaban J connectivity index is 1.71. The first-order valence-corrected chi connectivity index (χ1v) is 7.82. The van der Waals surface area contributed by atoms with E-state index in [0.29, 0.717) is 24.0 Å². The van der Waals surface area contributed by atoms with Crippen molar-refractivity contribution in [1.82, 2.24) is 9.78 Å². The molecule has 0 amide bonds. The van der Waals surface area contributed by atoms with Crippen molar-refractivity contribution in [3.8, 4) is 5.69 Å². The van der Waals surface area contributed by atoms with Crippen molar-refractivity contribution in [3.05, 3.63) is 51.9 Å². The molecule has 1 aliphatic rings. The monoisotopic (exact) mass is 319 g/mol. The van der Waals surface area contributed by atoms with Gasteiger partial charge < -0.3 is 10.1 Å². The Morgan fingerprint density at radius 2 is 2.18 bits per heavy atom. The van der Waals surface area contributed by atoms with Crippen molar-refractivity contribution in [1.29, 1.82) is 0 Å². The van der Waals surface area contributed by atoms with Crippen LogP contribution < -0.4 is 10.9 Å². The molecule has 6 heteroatoms. The molecule has 0 aliphatic carbocycles. The fourth-order valence-electron chi connectivity index (χ4n) is 2.55. The minimum atomic E-state index is -0.324. The zero-order chi connectivity index (χ0) is 15.4. The summed E-state index contributed by atoms with van der Waals surface area (Å²) in [7, 11) is 0. The third-order valence-electron chi connectivity index (χ3n) is 3.73. The summed E-state index contributed by atoms with van der Waals surface area (Å²) in [5, 5.41) is 7.52. The number of hydrogen-bond donors (Lipinski definition) is 1. The van der Waals surface area contributed by atoms with Crippen molar-refractivity contribution in [2.24, 2.45) is 0 Å². The van der Waals surface area contributed by atoms with Crippen molar-refractivity contribution < 1.29 is 4.74 Å². The SMILES string of the molecule is O=c1c(Cl)c(NCCC2CCCO2)cnn1-c1ccccc1. The van der Waals surface area contributed by atoms with Gasteiger partial charge in [0.1, 0.15) is 5.02 Å². The maximum absolute atomic E-state index is 12.3. The second kappa shape index (κ2) is 6.94. The highest BCUT2D eigenvalue weighted by Gasteiger charge is 2.15. The van der Waals surface area contributed by atoms with Crippen molar-refractivity contribution in [2.45, 2.75) is 25.4 Å². The van der Waals surface area contributed by atoms with E-state index in [4.69, 9.17) is 16.3 Å². The van der Waals surface area contributed by atoms with Gasteiger partial charge in [0.2, 0.25) is 0 Å². The highest BCUT2D eigenvalue weighted by molar-refractivity contribution is 6.32. The predicted octanol–water partition coefficient (Wildman–Crippen LogP) is 2.87. The second-order valence-corrected chi connectivity index (χ2v) is 5.65. The quantitative estimate of drug-likeness (QED) is 0.920. The topological polar surface area (TPSA) is 56.1 Å². The van der Waals surface area contributed by atoms with Gasteiger partial charge in [0, 0.05) is 13.2 Å². The van der Waals surface area contributed by atoms with E-state index in [2.05, 4.69) is 10.4 Å². The average molecular weight is 320 g/mol. The first-order valence-electron chi connectivity index (χ1n) is 7.44. The van der Waals surface area contributed by atoms with Crippen molar-refractivity contribution in [3.63, 3.8) is 0 Å². The van der Waals surface area contributed by atoms with E-state index < -0.39 is 0 Å². The molecular weight excluding hydrogens is 302 g/mol. The molecule has 0 spiro atoms. The predicted molar refractivity (Wildman–Crippen MR) is 86.9 cm³/mol. The molecule has 1 fully saturated rings. The standard InChI is InChI=1S/C16H18ClN3O2/c17-15-14(18-9-8-13-7-4-10-22-13)11-19-20(16(15)21)12-5-2-1-3-6-12/h1-3,5-6,11,13,18H,4,7-10H2. The van der Waals surface area contributed by atoms with Crippen molar-refractivity contribution in [2.75, 3.05) is 18.5 Å². The first-order chi connectivity index (χ1) is 10.8. The van der Waals surface area contributed by atoms with Crippen LogP contribution in [0, 0.1) is 0 Å². The van der Waals surface area contributed by atoms with Gasteiger partial charge in [0.15, 0.2) is 0 Å². The zero-order valence-electron chi connectivity index (χ0n) is 12.2. The Morgan fingerprint density at radius 3 is 2.91 bits per heavy atom. The number of anilines is 1. The van der Waals surface area contributed by atoms with Crippen LogP contribution in [-0.4, -0.2) is 29.0 Å². The first kappa shape index (κ1) is 15.1. The Kier molecular flexibility index (Phi) is 4.75. The molecule has 1 saturated heterocycles. The summed E-state index contributed by atoms with van der Waals surface area (Å²) in [6.45, 7) is 1.56. The van der Waals surface area contributed by atoms with Gasteiger partial charge in [0.25, 0.3) is 5.56 Å². The number of nitrogens with one attached hydrogen (secondary N) is 1. The van der Waals surface area contributed by atoms with E-state index in [1.54, 1.807) is 6.20 Å². The highest BCUT2D eigenvalue weighted by Crippen LogP contribution is 2.19. The lowest BCUT2D eigenvalue weighted by molar-refractivity contribution is 0.107. The summed E-state index contributed by atoms with van der Waals surface area (Å²) in [4.78, 5) is 12.3. The van der Waals surface area contributed by atoms with Crippen LogP contribution in [0.1, 0.15) is 19.3 Å². The fraction of sp³-hybridized carbons (Fsp3) is 0.375. The van der Waals surface area contributed by atoms with Crippen LogP contribution in [0.25, 0.3) is 5.69 Å². The number of para-hydroxylation sites is 1. The molecule has 2 heterocycles. The molecular formula is C16H18ClN3O2. The van der Waals surface area contributed by atoms with Crippen LogP contribution in [0.3, 0.4) is 0 Å². The second-order valence-electron chi connectivity index (χ2n) is 5.28. The van der Waals surface area contributed by atoms with Gasteiger partial charge in [-0.25, -0.2) is 0 Å². The molecule has 116 valence electrons. The maximum atomic E-state index is 12.3. The van der Waals surface area contributed by atoms with Crippen LogP contribution in [0.4, 0.5) is 5.69 Å². The summed E-state index contributed by atoms with van der Waals surface area (Å²) >= 11 is 6.18. The molecule has 1 aromatic carbocycles. The van der Waals surface area contributed by atoms with Gasteiger partial charge in [-0.3, -0.25) is 4.79 Å². The van der Waals surface area contributed by atoms with E-state index >= 15 is 0 Å². The van der Waals surface area contributed by atoms with E-state index in [0.717, 1.165) is 25.9 Å². The third-order valence-corrected chi connectivity index (χ3v) is 4.09. The minimum absolute atomic E-state index is 0.159. The van der Waals surface area contributed by atoms with Crippen molar-refractivity contribution >= 4 is 17.3 Å². The lowest BCUT2D eigenvalue weighted by Gasteiger charge is -2.12. The summed E-state index contributed by atoms with van der Waals surface area (Å²) < 4.78 is 6.87. The van der Waals surface area contributed by atoms with Crippen LogP contribution >= 0.6 is 11.6 Å². The largest absolute Gasteiger partial charge is 0.382 e. The van der Waals surface area contributed by atoms with E-state index in [-0.39, 0.29) is 10.6 Å². The average Bonchev–Trinajstić information content (AvgIpc) is 3.06. The van der Waals surface area contributed by atoms with E-state index in [1.165, 1.54) is 4.68 Å². The fourth-order valence-corrected chi connectivity index (χ4v) is 2.74. The normalized spacial score (nSPS) is 17.6. The van der Waals surface area contributed by atoms with E-state index in [9.17, 15) is 4.79 Å². The molecule has 0 saturated carbocycles. The molecule has 0 bridgehead atoms. The van der Waals surface area contributed by atoms with Gasteiger partial charge in [-0.1, -0.05) is 29.8 Å². The lowest BCUT2D eigenvalue weighted by atomic mass is 10.2.